The highest BCUT2D eigenvalue weighted by Crippen LogP contribution is 2.13. The zero-order valence-corrected chi connectivity index (χ0v) is 20.1. The molecule has 1 aliphatic heterocycles. The van der Waals surface area contributed by atoms with Crippen molar-refractivity contribution in [1.29, 1.82) is 0 Å². The van der Waals surface area contributed by atoms with Gasteiger partial charge in [-0.15, -0.1) is 24.0 Å². The second-order valence-corrected chi connectivity index (χ2v) is 8.77. The van der Waals surface area contributed by atoms with Crippen LogP contribution in [-0.2, 0) is 23.1 Å². The van der Waals surface area contributed by atoms with Crippen LogP contribution < -0.4 is 15.4 Å². The van der Waals surface area contributed by atoms with Gasteiger partial charge in [-0.1, -0.05) is 24.3 Å². The molecule has 0 spiro atoms. The van der Waals surface area contributed by atoms with Crippen LogP contribution in [0.25, 0.3) is 0 Å². The highest BCUT2D eigenvalue weighted by Gasteiger charge is 2.11. The molecule has 0 bridgehead atoms. The monoisotopic (exact) mass is 523 g/mol. The highest BCUT2D eigenvalue weighted by atomic mass is 127. The fourth-order valence-electron chi connectivity index (χ4n) is 3.01. The summed E-state index contributed by atoms with van der Waals surface area (Å²) in [5.41, 5.74) is 2.53. The molecule has 28 heavy (non-hydrogen) atoms. The van der Waals surface area contributed by atoms with E-state index in [4.69, 9.17) is 0 Å². The minimum atomic E-state index is -3.12. The molecular weight excluding hydrogens is 489 g/mol. The summed E-state index contributed by atoms with van der Waals surface area (Å²) in [7, 11) is -3.12. The summed E-state index contributed by atoms with van der Waals surface area (Å²) in [6.07, 6.45) is 4.50. The van der Waals surface area contributed by atoms with Crippen molar-refractivity contribution in [3.05, 3.63) is 35.4 Å². The first-order valence-electron chi connectivity index (χ1n) is 9.73. The van der Waals surface area contributed by atoms with Crippen molar-refractivity contribution in [1.82, 2.24) is 20.3 Å². The van der Waals surface area contributed by atoms with E-state index in [1.807, 2.05) is 6.92 Å². The van der Waals surface area contributed by atoms with Gasteiger partial charge in [-0.25, -0.2) is 18.1 Å². The Labute approximate surface area is 186 Å². The van der Waals surface area contributed by atoms with Gasteiger partial charge < -0.3 is 10.6 Å². The lowest BCUT2D eigenvalue weighted by Crippen LogP contribution is -2.38. The van der Waals surface area contributed by atoms with Crippen LogP contribution in [0.4, 0.5) is 0 Å². The summed E-state index contributed by atoms with van der Waals surface area (Å²) >= 11 is 0. The average Bonchev–Trinajstić information content (AvgIpc) is 3.12. The molecule has 0 radical (unpaired) electrons. The largest absolute Gasteiger partial charge is 0.357 e. The summed E-state index contributed by atoms with van der Waals surface area (Å²) in [5, 5.41) is 6.45. The van der Waals surface area contributed by atoms with Gasteiger partial charge in [-0.3, -0.25) is 4.90 Å². The number of aliphatic imine (C=N–C) groups is 1. The number of nitrogens with zero attached hydrogens (tertiary/aromatic N) is 2. The van der Waals surface area contributed by atoms with Crippen LogP contribution in [0, 0.1) is 0 Å². The third-order valence-corrected chi connectivity index (χ3v) is 5.13. The first kappa shape index (κ1) is 25.1. The molecule has 9 heteroatoms. The van der Waals surface area contributed by atoms with Crippen LogP contribution in [0.1, 0.15) is 37.3 Å². The van der Waals surface area contributed by atoms with Crippen molar-refractivity contribution in [2.75, 3.05) is 39.0 Å². The number of rotatable bonds is 10. The van der Waals surface area contributed by atoms with Crippen LogP contribution in [0.3, 0.4) is 0 Å². The Kier molecular flexibility index (Phi) is 12.0. The molecule has 1 aliphatic rings. The van der Waals surface area contributed by atoms with Crippen molar-refractivity contribution in [2.24, 2.45) is 4.99 Å². The van der Waals surface area contributed by atoms with Crippen molar-refractivity contribution < 1.29 is 8.42 Å². The van der Waals surface area contributed by atoms with Gasteiger partial charge in [0.1, 0.15) is 0 Å². The average molecular weight is 523 g/mol. The first-order chi connectivity index (χ1) is 13.0. The molecule has 7 nitrogen and oxygen atoms in total. The molecule has 0 aromatic heterocycles. The quantitative estimate of drug-likeness (QED) is 0.189. The third-order valence-electron chi connectivity index (χ3n) is 4.40. The molecule has 1 fully saturated rings. The van der Waals surface area contributed by atoms with Crippen LogP contribution >= 0.6 is 24.0 Å². The number of nitrogens with one attached hydrogen (secondary N) is 3. The second kappa shape index (κ2) is 13.3. The minimum Gasteiger partial charge on any atom is -0.357 e. The van der Waals surface area contributed by atoms with Gasteiger partial charge in [0.25, 0.3) is 0 Å². The van der Waals surface area contributed by atoms with E-state index in [0.717, 1.165) is 19.0 Å². The number of likely N-dealkylation sites (tertiary alicyclic amines) is 1. The zero-order chi connectivity index (χ0) is 19.5. The second-order valence-electron chi connectivity index (χ2n) is 6.94. The number of benzene rings is 1. The molecule has 2 rings (SSSR count). The fourth-order valence-corrected chi connectivity index (χ4v) is 3.53. The molecule has 0 unspecified atom stereocenters. The molecule has 1 saturated heterocycles. The molecule has 0 aliphatic carbocycles. The Bertz CT molecular complexity index is 689. The maximum atomic E-state index is 11.0. The lowest BCUT2D eigenvalue weighted by atomic mass is 10.1. The lowest BCUT2D eigenvalue weighted by molar-refractivity contribution is 0.331. The number of hydrogen-bond donors (Lipinski definition) is 3. The van der Waals surface area contributed by atoms with E-state index in [1.54, 1.807) is 0 Å². The molecule has 3 N–H and O–H groups in total. The molecular formula is C19H34IN5O2S. The van der Waals surface area contributed by atoms with Gasteiger partial charge >= 0.3 is 0 Å². The lowest BCUT2D eigenvalue weighted by Gasteiger charge is -2.14. The van der Waals surface area contributed by atoms with Gasteiger partial charge in [-0.2, -0.15) is 0 Å². The molecule has 0 amide bonds. The van der Waals surface area contributed by atoms with E-state index in [-0.39, 0.29) is 24.0 Å². The van der Waals surface area contributed by atoms with Crippen LogP contribution in [-0.4, -0.2) is 58.3 Å². The van der Waals surface area contributed by atoms with Crippen LogP contribution in [0.2, 0.25) is 0 Å². The molecule has 1 aromatic carbocycles. The molecule has 160 valence electrons. The van der Waals surface area contributed by atoms with Crippen molar-refractivity contribution in [3.63, 3.8) is 0 Å². The Balaban J connectivity index is 0.00000392. The molecule has 0 saturated carbocycles. The number of hydrogen-bond acceptors (Lipinski definition) is 4. The van der Waals surface area contributed by atoms with E-state index >= 15 is 0 Å². The number of guanidine groups is 1. The standard InChI is InChI=1S/C19H33N5O2S.HI/c1-3-20-19(21-11-6-12-23-27(2,25)26)22-15-17-7-9-18(10-8-17)16-24-13-4-5-14-24;/h7-10,23H,3-6,11-16H2,1-2H3,(H2,20,21,22);1H. The van der Waals surface area contributed by atoms with Gasteiger partial charge in [0.15, 0.2) is 5.96 Å². The summed E-state index contributed by atoms with van der Waals surface area (Å²) in [6.45, 7) is 7.95. The highest BCUT2D eigenvalue weighted by molar-refractivity contribution is 14.0. The Morgan fingerprint density at radius 2 is 1.71 bits per heavy atom. The van der Waals surface area contributed by atoms with Crippen LogP contribution in [0.15, 0.2) is 29.3 Å². The predicted octanol–water partition coefficient (Wildman–Crippen LogP) is 1.89. The fraction of sp³-hybridized carbons (Fsp3) is 0.632. The zero-order valence-electron chi connectivity index (χ0n) is 16.9. The molecule has 1 aromatic rings. The maximum Gasteiger partial charge on any atom is 0.208 e. The predicted molar refractivity (Wildman–Crippen MR) is 127 cm³/mol. The Hall–Kier alpha value is -0.910. The number of sulfonamides is 1. The SMILES string of the molecule is CCNC(=NCc1ccc(CN2CCCC2)cc1)NCCCNS(C)(=O)=O.I. The van der Waals surface area contributed by atoms with Gasteiger partial charge in [-0.05, 0) is 50.4 Å². The van der Waals surface area contributed by atoms with E-state index in [1.165, 1.54) is 43.3 Å². The normalized spacial score (nSPS) is 15.3. The van der Waals surface area contributed by atoms with Gasteiger partial charge in [0.05, 0.1) is 12.8 Å². The van der Waals surface area contributed by atoms with E-state index < -0.39 is 10.0 Å². The van der Waals surface area contributed by atoms with E-state index in [0.29, 0.717) is 26.1 Å². The Morgan fingerprint density at radius 1 is 1.07 bits per heavy atom. The minimum absolute atomic E-state index is 0. The van der Waals surface area contributed by atoms with E-state index in [9.17, 15) is 8.42 Å². The summed E-state index contributed by atoms with van der Waals surface area (Å²) in [4.78, 5) is 7.11. The summed E-state index contributed by atoms with van der Waals surface area (Å²) < 4.78 is 24.6. The van der Waals surface area contributed by atoms with Crippen molar-refractivity contribution in [2.45, 2.75) is 39.3 Å². The van der Waals surface area contributed by atoms with Crippen LogP contribution in [0.5, 0.6) is 0 Å². The maximum absolute atomic E-state index is 11.0. The van der Waals surface area contributed by atoms with E-state index in [2.05, 4.69) is 49.5 Å². The third kappa shape index (κ3) is 10.6. The summed E-state index contributed by atoms with van der Waals surface area (Å²) in [6, 6.07) is 8.68. The summed E-state index contributed by atoms with van der Waals surface area (Å²) in [5.74, 6) is 0.748. The topological polar surface area (TPSA) is 85.8 Å². The Morgan fingerprint density at radius 3 is 2.32 bits per heavy atom. The van der Waals surface area contributed by atoms with Gasteiger partial charge in [0.2, 0.25) is 10.0 Å². The first-order valence-corrected chi connectivity index (χ1v) is 11.6. The smallest absolute Gasteiger partial charge is 0.208 e. The van der Waals surface area contributed by atoms with Gasteiger partial charge in [0, 0.05) is 26.2 Å². The van der Waals surface area contributed by atoms with Crippen molar-refractivity contribution in [3.8, 4) is 0 Å². The molecule has 1 heterocycles. The van der Waals surface area contributed by atoms with Crippen molar-refractivity contribution >= 4 is 40.0 Å². The molecule has 0 atom stereocenters. The number of halogens is 1.